The number of nitrogens with one attached hydrogen (secondary N) is 3. The van der Waals surface area contributed by atoms with Gasteiger partial charge in [-0.05, 0) is 43.3 Å². The summed E-state index contributed by atoms with van der Waals surface area (Å²) in [6.07, 6.45) is 0. The van der Waals surface area contributed by atoms with E-state index in [0.29, 0.717) is 28.6 Å². The summed E-state index contributed by atoms with van der Waals surface area (Å²) in [7, 11) is 0. The van der Waals surface area contributed by atoms with Crippen molar-refractivity contribution in [3.63, 3.8) is 0 Å². The molecule has 0 spiro atoms. The first-order valence-electron chi connectivity index (χ1n) is 9.07. The molecule has 0 aliphatic heterocycles. The molecule has 9 heteroatoms. The van der Waals surface area contributed by atoms with Crippen molar-refractivity contribution in [1.82, 2.24) is 9.97 Å². The van der Waals surface area contributed by atoms with E-state index in [0.717, 1.165) is 0 Å². The van der Waals surface area contributed by atoms with Crippen molar-refractivity contribution >= 4 is 34.9 Å². The fourth-order valence-corrected chi connectivity index (χ4v) is 2.77. The van der Waals surface area contributed by atoms with Gasteiger partial charge in [0.25, 0.3) is 5.56 Å². The molecule has 0 radical (unpaired) electrons. The molecule has 30 heavy (non-hydrogen) atoms. The van der Waals surface area contributed by atoms with Crippen LogP contribution in [0.5, 0.6) is 0 Å². The Kier molecular flexibility index (Phi) is 6.67. The number of nitrogens with zero attached hydrogens (tertiary/aromatic N) is 2. The van der Waals surface area contributed by atoms with Gasteiger partial charge in [-0.25, -0.2) is 4.98 Å². The quantitative estimate of drug-likeness (QED) is 0.496. The van der Waals surface area contributed by atoms with Crippen LogP contribution in [0, 0.1) is 11.3 Å². The molecule has 152 valence electrons. The van der Waals surface area contributed by atoms with Gasteiger partial charge in [-0.15, -0.1) is 0 Å². The Hall–Kier alpha value is -3.83. The molecule has 0 amide bonds. The number of carbonyl (C=O) groups excluding carboxylic acids is 1. The summed E-state index contributed by atoms with van der Waals surface area (Å²) in [5, 5.41) is 15.9. The van der Waals surface area contributed by atoms with Crippen LogP contribution in [0.25, 0.3) is 11.3 Å². The second kappa shape index (κ2) is 9.58. The maximum atomic E-state index is 12.4. The molecule has 3 N–H and O–H groups in total. The van der Waals surface area contributed by atoms with Gasteiger partial charge >= 0.3 is 5.97 Å². The van der Waals surface area contributed by atoms with E-state index in [9.17, 15) is 14.9 Å². The number of aromatic amines is 1. The zero-order chi connectivity index (χ0) is 21.5. The van der Waals surface area contributed by atoms with Crippen LogP contribution in [-0.2, 0) is 9.53 Å². The number of ether oxygens (including phenoxy) is 1. The molecule has 0 aliphatic carbocycles. The number of rotatable bonds is 7. The van der Waals surface area contributed by atoms with Crippen molar-refractivity contribution in [2.75, 3.05) is 23.8 Å². The molecule has 8 nitrogen and oxygen atoms in total. The van der Waals surface area contributed by atoms with Gasteiger partial charge in [-0.1, -0.05) is 23.7 Å². The van der Waals surface area contributed by atoms with Crippen LogP contribution in [0.15, 0.2) is 53.3 Å². The Balaban J connectivity index is 1.86. The van der Waals surface area contributed by atoms with E-state index >= 15 is 0 Å². The van der Waals surface area contributed by atoms with E-state index in [1.54, 1.807) is 55.5 Å². The summed E-state index contributed by atoms with van der Waals surface area (Å²) in [6.45, 7) is 2.09. The summed E-state index contributed by atoms with van der Waals surface area (Å²) < 4.78 is 4.87. The van der Waals surface area contributed by atoms with Crippen LogP contribution >= 0.6 is 11.6 Å². The smallest absolute Gasteiger partial charge is 0.325 e. The Labute approximate surface area is 177 Å². The number of esters is 1. The summed E-state index contributed by atoms with van der Waals surface area (Å²) >= 11 is 5.88. The van der Waals surface area contributed by atoms with E-state index in [2.05, 4.69) is 20.6 Å². The Morgan fingerprint density at radius 2 is 1.83 bits per heavy atom. The van der Waals surface area contributed by atoms with Crippen molar-refractivity contribution in [2.24, 2.45) is 0 Å². The molecule has 0 bridgehead atoms. The minimum Gasteiger partial charge on any atom is -0.465 e. The van der Waals surface area contributed by atoms with Gasteiger partial charge in [-0.2, -0.15) is 5.26 Å². The first-order valence-corrected chi connectivity index (χ1v) is 9.45. The first-order chi connectivity index (χ1) is 14.5. The lowest BCUT2D eigenvalue weighted by molar-refractivity contribution is -0.140. The van der Waals surface area contributed by atoms with Crippen LogP contribution in [0.2, 0.25) is 5.02 Å². The second-order valence-electron chi connectivity index (χ2n) is 6.12. The first kappa shape index (κ1) is 20.9. The Morgan fingerprint density at radius 3 is 2.47 bits per heavy atom. The number of aromatic nitrogens is 2. The van der Waals surface area contributed by atoms with E-state index in [1.807, 2.05) is 6.07 Å². The van der Waals surface area contributed by atoms with Crippen molar-refractivity contribution in [3.05, 3.63) is 69.5 Å². The highest BCUT2D eigenvalue weighted by Gasteiger charge is 2.14. The van der Waals surface area contributed by atoms with Gasteiger partial charge in [0.05, 0.1) is 12.3 Å². The Bertz CT molecular complexity index is 1140. The molecule has 1 heterocycles. The molecule has 0 fully saturated rings. The van der Waals surface area contributed by atoms with Crippen LogP contribution in [0.1, 0.15) is 12.5 Å². The summed E-state index contributed by atoms with van der Waals surface area (Å²) in [5.74, 6) is -0.164. The van der Waals surface area contributed by atoms with Gasteiger partial charge in [0, 0.05) is 22.0 Å². The number of benzene rings is 2. The Morgan fingerprint density at radius 1 is 1.17 bits per heavy atom. The number of hydrogen-bond acceptors (Lipinski definition) is 7. The highest BCUT2D eigenvalue weighted by atomic mass is 35.5. The molecule has 2 aromatic carbocycles. The molecular formula is C21H18ClN5O3. The number of H-pyrrole nitrogens is 1. The van der Waals surface area contributed by atoms with E-state index in [4.69, 9.17) is 16.3 Å². The maximum absolute atomic E-state index is 12.4. The largest absolute Gasteiger partial charge is 0.465 e. The SMILES string of the molecule is CCOC(=O)CNc1ccc(-c2nc(Nc3ccc(Cl)cc3)[nH]c(=O)c2C#N)cc1. The van der Waals surface area contributed by atoms with E-state index in [-0.39, 0.29) is 29.7 Å². The topological polar surface area (TPSA) is 120 Å². The van der Waals surface area contributed by atoms with Crippen LogP contribution in [0.3, 0.4) is 0 Å². The van der Waals surface area contributed by atoms with Gasteiger partial charge in [0.2, 0.25) is 5.95 Å². The van der Waals surface area contributed by atoms with Crippen molar-refractivity contribution in [2.45, 2.75) is 6.92 Å². The summed E-state index contributed by atoms with van der Waals surface area (Å²) in [4.78, 5) is 30.8. The van der Waals surface area contributed by atoms with Crippen molar-refractivity contribution in [1.29, 1.82) is 5.26 Å². The predicted molar refractivity (Wildman–Crippen MR) is 115 cm³/mol. The highest BCUT2D eigenvalue weighted by molar-refractivity contribution is 6.30. The van der Waals surface area contributed by atoms with Crippen LogP contribution < -0.4 is 16.2 Å². The number of nitriles is 1. The average Bonchev–Trinajstić information content (AvgIpc) is 2.74. The zero-order valence-corrected chi connectivity index (χ0v) is 16.8. The van der Waals surface area contributed by atoms with Crippen LogP contribution in [-0.4, -0.2) is 29.1 Å². The second-order valence-corrected chi connectivity index (χ2v) is 6.55. The third-order valence-electron chi connectivity index (χ3n) is 4.04. The van der Waals surface area contributed by atoms with E-state index < -0.39 is 5.56 Å². The number of halogens is 1. The fourth-order valence-electron chi connectivity index (χ4n) is 2.65. The lowest BCUT2D eigenvalue weighted by Crippen LogP contribution is -2.17. The minimum absolute atomic E-state index is 0.0368. The standard InChI is InChI=1S/C21H18ClN5O3/c1-2-30-18(28)12-24-15-7-3-13(4-8-15)19-17(11-23)20(29)27-21(26-19)25-16-9-5-14(22)6-10-16/h3-10,24H,2,12H2,1H3,(H2,25,26,27,29). The normalized spacial score (nSPS) is 10.2. The molecule has 1 aromatic heterocycles. The molecule has 0 atom stereocenters. The lowest BCUT2D eigenvalue weighted by atomic mass is 10.1. The lowest BCUT2D eigenvalue weighted by Gasteiger charge is -2.10. The molecular weight excluding hydrogens is 406 g/mol. The van der Waals surface area contributed by atoms with Crippen LogP contribution in [0.4, 0.5) is 17.3 Å². The summed E-state index contributed by atoms with van der Waals surface area (Å²) in [5.41, 5.74) is 1.55. The van der Waals surface area contributed by atoms with Gasteiger partial charge in [0.15, 0.2) is 0 Å². The van der Waals surface area contributed by atoms with Crippen molar-refractivity contribution < 1.29 is 9.53 Å². The zero-order valence-electron chi connectivity index (χ0n) is 16.0. The molecule has 3 rings (SSSR count). The van der Waals surface area contributed by atoms with Gasteiger partial charge in [0.1, 0.15) is 18.2 Å². The number of anilines is 3. The monoisotopic (exact) mass is 423 g/mol. The molecule has 0 unspecified atom stereocenters. The van der Waals surface area contributed by atoms with E-state index in [1.165, 1.54) is 0 Å². The van der Waals surface area contributed by atoms with Gasteiger partial charge < -0.3 is 15.4 Å². The minimum atomic E-state index is -0.552. The van der Waals surface area contributed by atoms with Gasteiger partial charge in [-0.3, -0.25) is 14.6 Å². The average molecular weight is 424 g/mol. The van der Waals surface area contributed by atoms with Crippen molar-refractivity contribution in [3.8, 4) is 17.3 Å². The molecule has 0 aliphatic rings. The molecule has 3 aromatic rings. The third-order valence-corrected chi connectivity index (χ3v) is 4.29. The number of carbonyl (C=O) groups is 1. The molecule has 0 saturated carbocycles. The third kappa shape index (κ3) is 5.16. The highest BCUT2D eigenvalue weighted by Crippen LogP contribution is 2.23. The predicted octanol–water partition coefficient (Wildman–Crippen LogP) is 3.68. The summed E-state index contributed by atoms with van der Waals surface area (Å²) in [6, 6.07) is 15.7. The molecule has 0 saturated heterocycles. The maximum Gasteiger partial charge on any atom is 0.325 e. The fraction of sp³-hybridized carbons (Fsp3) is 0.143. The number of hydrogen-bond donors (Lipinski definition) is 3.